The van der Waals surface area contributed by atoms with Gasteiger partial charge in [0.15, 0.2) is 0 Å². The van der Waals surface area contributed by atoms with Crippen molar-refractivity contribution in [3.05, 3.63) is 65.5 Å². The summed E-state index contributed by atoms with van der Waals surface area (Å²) in [7, 11) is 1.95. The zero-order valence-corrected chi connectivity index (χ0v) is 14.3. The normalized spacial score (nSPS) is 14.3. The Hall–Kier alpha value is -2.80. The quantitative estimate of drug-likeness (QED) is 0.766. The number of hydrogen-bond acceptors (Lipinski definition) is 6. The molecule has 128 valence electrons. The van der Waals surface area contributed by atoms with Crippen LogP contribution in [0.15, 0.2) is 43.2 Å². The lowest BCUT2D eigenvalue weighted by Gasteiger charge is -2.29. The number of pyridine rings is 1. The molecule has 7 nitrogen and oxygen atoms in total. The number of fused-ring (bicyclic) bond motifs is 1. The predicted octanol–water partition coefficient (Wildman–Crippen LogP) is 1.78. The van der Waals surface area contributed by atoms with Crippen LogP contribution in [0.3, 0.4) is 0 Å². The van der Waals surface area contributed by atoms with Gasteiger partial charge in [-0.2, -0.15) is 5.10 Å². The minimum atomic E-state index is 0.647. The minimum absolute atomic E-state index is 0.647. The summed E-state index contributed by atoms with van der Waals surface area (Å²) in [5.74, 6) is 0.647. The molecule has 1 aliphatic heterocycles. The number of anilines is 1. The van der Waals surface area contributed by atoms with Crippen molar-refractivity contribution in [3.8, 4) is 0 Å². The van der Waals surface area contributed by atoms with Gasteiger partial charge in [-0.05, 0) is 29.2 Å². The van der Waals surface area contributed by atoms with Crippen LogP contribution in [0, 0.1) is 0 Å². The second-order valence-electron chi connectivity index (χ2n) is 6.35. The van der Waals surface area contributed by atoms with E-state index >= 15 is 0 Å². The van der Waals surface area contributed by atoms with Gasteiger partial charge in [0.25, 0.3) is 0 Å². The van der Waals surface area contributed by atoms with E-state index in [1.54, 1.807) is 12.4 Å². The highest BCUT2D eigenvalue weighted by Gasteiger charge is 2.19. The van der Waals surface area contributed by atoms with Crippen molar-refractivity contribution in [2.24, 2.45) is 7.05 Å². The van der Waals surface area contributed by atoms with Crippen molar-refractivity contribution in [2.45, 2.75) is 26.1 Å². The monoisotopic (exact) mass is 335 g/mol. The van der Waals surface area contributed by atoms with Gasteiger partial charge in [0, 0.05) is 69.8 Å². The molecule has 4 heterocycles. The van der Waals surface area contributed by atoms with E-state index in [0.717, 1.165) is 26.1 Å². The van der Waals surface area contributed by atoms with E-state index in [2.05, 4.69) is 36.5 Å². The molecule has 3 aromatic heterocycles. The lowest BCUT2D eigenvalue weighted by Crippen LogP contribution is -2.31. The molecule has 0 saturated carbocycles. The van der Waals surface area contributed by atoms with Gasteiger partial charge in [0.1, 0.15) is 0 Å². The summed E-state index contributed by atoms with van der Waals surface area (Å²) < 4.78 is 1.85. The van der Waals surface area contributed by atoms with Gasteiger partial charge >= 0.3 is 0 Å². The van der Waals surface area contributed by atoms with E-state index in [0.29, 0.717) is 12.5 Å². The van der Waals surface area contributed by atoms with Crippen LogP contribution < -0.4 is 5.32 Å². The van der Waals surface area contributed by atoms with Gasteiger partial charge in [-0.25, -0.2) is 9.97 Å². The van der Waals surface area contributed by atoms with Crippen molar-refractivity contribution in [1.82, 2.24) is 29.6 Å². The molecule has 0 aliphatic carbocycles. The molecule has 0 radical (unpaired) electrons. The van der Waals surface area contributed by atoms with Gasteiger partial charge in [0.2, 0.25) is 5.95 Å². The number of rotatable bonds is 5. The van der Waals surface area contributed by atoms with E-state index in [-0.39, 0.29) is 0 Å². The van der Waals surface area contributed by atoms with Crippen LogP contribution in [0.2, 0.25) is 0 Å². The molecular formula is C18H21N7. The summed E-state index contributed by atoms with van der Waals surface area (Å²) in [5.41, 5.74) is 5.19. The molecule has 0 unspecified atom stereocenters. The molecule has 0 aromatic carbocycles. The van der Waals surface area contributed by atoms with Crippen molar-refractivity contribution in [1.29, 1.82) is 0 Å². The molecule has 1 aliphatic rings. The van der Waals surface area contributed by atoms with Crippen molar-refractivity contribution >= 4 is 5.95 Å². The zero-order chi connectivity index (χ0) is 17.1. The van der Waals surface area contributed by atoms with Crippen LogP contribution in [0.4, 0.5) is 5.95 Å². The molecule has 4 rings (SSSR count). The summed E-state index contributed by atoms with van der Waals surface area (Å²) in [4.78, 5) is 15.3. The highest BCUT2D eigenvalue weighted by atomic mass is 15.2. The first-order chi connectivity index (χ1) is 12.3. The summed E-state index contributed by atoms with van der Waals surface area (Å²) in [6.45, 7) is 3.59. The Morgan fingerprint density at radius 1 is 1.16 bits per heavy atom. The topological polar surface area (TPSA) is 71.8 Å². The molecule has 0 amide bonds. The van der Waals surface area contributed by atoms with E-state index in [9.17, 15) is 0 Å². The van der Waals surface area contributed by atoms with Crippen molar-refractivity contribution < 1.29 is 0 Å². The van der Waals surface area contributed by atoms with E-state index in [1.165, 1.54) is 22.3 Å². The third-order valence-corrected chi connectivity index (χ3v) is 4.48. The van der Waals surface area contributed by atoms with Gasteiger partial charge < -0.3 is 5.32 Å². The second kappa shape index (κ2) is 6.98. The number of aromatic nitrogens is 5. The Labute approximate surface area is 146 Å². The Morgan fingerprint density at radius 2 is 2.04 bits per heavy atom. The van der Waals surface area contributed by atoms with Gasteiger partial charge in [-0.3, -0.25) is 14.6 Å². The fourth-order valence-corrected chi connectivity index (χ4v) is 3.29. The lowest BCUT2D eigenvalue weighted by molar-refractivity contribution is 0.244. The summed E-state index contributed by atoms with van der Waals surface area (Å²) >= 11 is 0. The molecular weight excluding hydrogens is 314 g/mol. The molecule has 25 heavy (non-hydrogen) atoms. The highest BCUT2D eigenvalue weighted by Crippen LogP contribution is 2.23. The average Bonchev–Trinajstić information content (AvgIpc) is 3.05. The third kappa shape index (κ3) is 3.66. The molecule has 0 bridgehead atoms. The smallest absolute Gasteiger partial charge is 0.222 e. The lowest BCUT2D eigenvalue weighted by atomic mass is 9.97. The maximum atomic E-state index is 4.43. The molecule has 1 N–H and O–H groups in total. The van der Waals surface area contributed by atoms with Crippen LogP contribution >= 0.6 is 0 Å². The molecule has 3 aromatic rings. The van der Waals surface area contributed by atoms with E-state index in [1.807, 2.05) is 36.4 Å². The molecule has 0 saturated heterocycles. The highest BCUT2D eigenvalue weighted by molar-refractivity contribution is 5.36. The Morgan fingerprint density at radius 3 is 2.84 bits per heavy atom. The molecule has 0 fully saturated rings. The summed E-state index contributed by atoms with van der Waals surface area (Å²) in [5, 5.41) is 7.53. The van der Waals surface area contributed by atoms with E-state index in [4.69, 9.17) is 0 Å². The summed E-state index contributed by atoms with van der Waals surface area (Å²) in [6, 6.07) is 1.81. The predicted molar refractivity (Wildman–Crippen MR) is 94.6 cm³/mol. The van der Waals surface area contributed by atoms with E-state index < -0.39 is 0 Å². The average molecular weight is 335 g/mol. The fourth-order valence-electron chi connectivity index (χ4n) is 3.29. The maximum Gasteiger partial charge on any atom is 0.222 e. The number of nitrogens with zero attached hydrogens (tertiary/aromatic N) is 6. The maximum absolute atomic E-state index is 4.43. The molecule has 0 spiro atoms. The fraction of sp³-hybridized carbons (Fsp3) is 0.333. The van der Waals surface area contributed by atoms with Crippen LogP contribution in [0.5, 0.6) is 0 Å². The van der Waals surface area contributed by atoms with Crippen molar-refractivity contribution in [3.63, 3.8) is 0 Å². The minimum Gasteiger partial charge on any atom is -0.350 e. The Kier molecular flexibility index (Phi) is 4.39. The number of aryl methyl sites for hydroxylation is 1. The first-order valence-corrected chi connectivity index (χ1v) is 8.43. The Bertz CT molecular complexity index is 844. The number of hydrogen-bond donors (Lipinski definition) is 1. The van der Waals surface area contributed by atoms with Crippen LogP contribution in [-0.4, -0.2) is 36.2 Å². The molecule has 7 heteroatoms. The second-order valence-corrected chi connectivity index (χ2v) is 6.35. The van der Waals surface area contributed by atoms with Crippen molar-refractivity contribution in [2.75, 3.05) is 11.9 Å². The Balaban J connectivity index is 1.44. The molecule has 0 atom stereocenters. The van der Waals surface area contributed by atoms with Crippen LogP contribution in [0.25, 0.3) is 0 Å². The third-order valence-electron chi connectivity index (χ3n) is 4.48. The van der Waals surface area contributed by atoms with Gasteiger partial charge in [-0.15, -0.1) is 0 Å². The largest absolute Gasteiger partial charge is 0.350 e. The SMILES string of the molecule is Cn1cc(CN2CCc3c(CNc4ncccn4)cncc3C2)cn1. The first kappa shape index (κ1) is 15.7. The van der Waals surface area contributed by atoms with Crippen LogP contribution in [0.1, 0.15) is 22.3 Å². The first-order valence-electron chi connectivity index (χ1n) is 8.43. The van der Waals surface area contributed by atoms with Gasteiger partial charge in [-0.1, -0.05) is 0 Å². The van der Waals surface area contributed by atoms with Crippen LogP contribution in [-0.2, 0) is 33.1 Å². The standard InChI is InChI=1S/C18H21N7/c1-24-11-14(7-23-24)12-25-6-3-17-15(8-19-9-16(17)13-25)10-22-18-20-4-2-5-21-18/h2,4-5,7-9,11H,3,6,10,12-13H2,1H3,(H,20,21,22). The zero-order valence-electron chi connectivity index (χ0n) is 14.3. The summed E-state index contributed by atoms with van der Waals surface area (Å²) in [6.07, 6.45) is 12.5. The number of nitrogens with one attached hydrogen (secondary N) is 1. The van der Waals surface area contributed by atoms with Gasteiger partial charge in [0.05, 0.1) is 6.20 Å².